The average Bonchev–Trinajstić information content (AvgIpc) is 2.04. The molecule has 1 aliphatic rings. The third-order valence-corrected chi connectivity index (χ3v) is 2.27. The molecule has 0 spiro atoms. The molecule has 0 aromatic rings. The molecule has 0 amide bonds. The van der Waals surface area contributed by atoms with Gasteiger partial charge in [-0.1, -0.05) is 12.2 Å². The van der Waals surface area contributed by atoms with Crippen molar-refractivity contribution in [1.82, 2.24) is 0 Å². The molecule has 1 unspecified atom stereocenters. The van der Waals surface area contributed by atoms with Gasteiger partial charge in [0, 0.05) is 11.7 Å². The molecule has 2 heteroatoms. The van der Waals surface area contributed by atoms with Crippen LogP contribution in [0.25, 0.3) is 0 Å². The van der Waals surface area contributed by atoms with Crippen LogP contribution in [-0.2, 0) is 0 Å². The Kier molecular flexibility index (Phi) is 2.82. The minimum Gasteiger partial charge on any atom is -0.327 e. The molecular formula is C10H16N2. The van der Waals surface area contributed by atoms with Crippen molar-refractivity contribution in [2.45, 2.75) is 32.2 Å². The topological polar surface area (TPSA) is 38.4 Å². The van der Waals surface area contributed by atoms with Crippen molar-refractivity contribution < 1.29 is 0 Å². The maximum atomic E-state index is 5.84. The van der Waals surface area contributed by atoms with Crippen LogP contribution in [0.3, 0.4) is 0 Å². The van der Waals surface area contributed by atoms with Crippen LogP contribution in [0.5, 0.6) is 0 Å². The summed E-state index contributed by atoms with van der Waals surface area (Å²) >= 11 is 0. The van der Waals surface area contributed by atoms with Crippen molar-refractivity contribution >= 4 is 6.72 Å². The number of nitrogens with zero attached hydrogens (tertiary/aromatic N) is 1. The van der Waals surface area contributed by atoms with Gasteiger partial charge in [-0.05, 0) is 38.5 Å². The summed E-state index contributed by atoms with van der Waals surface area (Å²) in [5.74, 6) is 0. The molecule has 1 aliphatic carbocycles. The van der Waals surface area contributed by atoms with Gasteiger partial charge in [0.1, 0.15) is 0 Å². The summed E-state index contributed by atoms with van der Waals surface area (Å²) in [6, 6.07) is 0.280. The summed E-state index contributed by atoms with van der Waals surface area (Å²) in [5, 5.41) is 0. The van der Waals surface area contributed by atoms with E-state index in [1.807, 2.05) is 6.92 Å². The molecule has 12 heavy (non-hydrogen) atoms. The van der Waals surface area contributed by atoms with Crippen molar-refractivity contribution in [3.05, 3.63) is 23.4 Å². The number of rotatable bonds is 2. The first-order valence-electron chi connectivity index (χ1n) is 4.25. The lowest BCUT2D eigenvalue weighted by Gasteiger charge is -2.22. The SMILES string of the molecule is C=NC1=C(C(=C)C)CC(N)CC1. The van der Waals surface area contributed by atoms with E-state index in [2.05, 4.69) is 18.3 Å². The Morgan fingerprint density at radius 1 is 1.67 bits per heavy atom. The van der Waals surface area contributed by atoms with E-state index >= 15 is 0 Å². The highest BCUT2D eigenvalue weighted by molar-refractivity contribution is 5.39. The smallest absolute Gasteiger partial charge is 0.0431 e. The summed E-state index contributed by atoms with van der Waals surface area (Å²) < 4.78 is 0. The van der Waals surface area contributed by atoms with E-state index < -0.39 is 0 Å². The van der Waals surface area contributed by atoms with Crippen LogP contribution in [0.15, 0.2) is 28.4 Å². The van der Waals surface area contributed by atoms with E-state index in [1.165, 1.54) is 5.57 Å². The minimum absolute atomic E-state index is 0.280. The van der Waals surface area contributed by atoms with E-state index in [4.69, 9.17) is 5.73 Å². The molecule has 1 rings (SSSR count). The Morgan fingerprint density at radius 3 is 2.83 bits per heavy atom. The number of hydrogen-bond donors (Lipinski definition) is 1. The number of allylic oxidation sites excluding steroid dienone is 2. The van der Waals surface area contributed by atoms with Crippen LogP contribution in [0.1, 0.15) is 26.2 Å². The number of hydrogen-bond acceptors (Lipinski definition) is 2. The molecule has 0 aromatic heterocycles. The summed E-state index contributed by atoms with van der Waals surface area (Å²) in [5.41, 5.74) is 9.22. The molecule has 0 saturated heterocycles. The summed E-state index contributed by atoms with van der Waals surface area (Å²) in [4.78, 5) is 4.00. The van der Waals surface area contributed by atoms with E-state index in [9.17, 15) is 0 Å². The second-order valence-corrected chi connectivity index (χ2v) is 3.37. The van der Waals surface area contributed by atoms with Gasteiger partial charge < -0.3 is 5.73 Å². The highest BCUT2D eigenvalue weighted by Crippen LogP contribution is 2.28. The molecule has 0 aromatic carbocycles. The zero-order valence-corrected chi connectivity index (χ0v) is 7.64. The van der Waals surface area contributed by atoms with Crippen molar-refractivity contribution in [2.75, 3.05) is 0 Å². The third kappa shape index (κ3) is 1.83. The van der Waals surface area contributed by atoms with Gasteiger partial charge in [-0.2, -0.15) is 0 Å². The zero-order valence-electron chi connectivity index (χ0n) is 7.64. The zero-order chi connectivity index (χ0) is 9.14. The maximum absolute atomic E-state index is 5.84. The molecule has 2 nitrogen and oxygen atoms in total. The van der Waals surface area contributed by atoms with E-state index in [0.717, 1.165) is 30.5 Å². The standard InChI is InChI=1S/C10H16N2/c1-7(2)9-6-8(11)4-5-10(9)12-3/h8H,1,3-6,11H2,2H3. The van der Waals surface area contributed by atoms with Gasteiger partial charge >= 0.3 is 0 Å². The fourth-order valence-electron chi connectivity index (χ4n) is 1.55. The van der Waals surface area contributed by atoms with Crippen molar-refractivity contribution in [3.63, 3.8) is 0 Å². The molecule has 0 bridgehead atoms. The van der Waals surface area contributed by atoms with E-state index in [1.54, 1.807) is 0 Å². The second kappa shape index (κ2) is 3.68. The molecule has 0 saturated carbocycles. The Labute approximate surface area is 73.9 Å². The first kappa shape index (κ1) is 9.20. The summed E-state index contributed by atoms with van der Waals surface area (Å²) in [6.45, 7) is 9.46. The summed E-state index contributed by atoms with van der Waals surface area (Å²) in [6.07, 6.45) is 2.88. The molecular weight excluding hydrogens is 148 g/mol. The molecule has 0 aliphatic heterocycles. The number of nitrogens with two attached hydrogens (primary N) is 1. The Hall–Kier alpha value is -0.890. The van der Waals surface area contributed by atoms with Crippen LogP contribution in [-0.4, -0.2) is 12.8 Å². The molecule has 66 valence electrons. The Bertz CT molecular complexity index is 238. The second-order valence-electron chi connectivity index (χ2n) is 3.37. The van der Waals surface area contributed by atoms with E-state index in [0.29, 0.717) is 0 Å². The lowest BCUT2D eigenvalue weighted by atomic mass is 9.89. The molecule has 1 atom stereocenters. The van der Waals surface area contributed by atoms with Crippen LogP contribution in [0.4, 0.5) is 0 Å². The molecule has 0 heterocycles. The van der Waals surface area contributed by atoms with E-state index in [-0.39, 0.29) is 6.04 Å². The van der Waals surface area contributed by atoms with Crippen molar-refractivity contribution in [3.8, 4) is 0 Å². The van der Waals surface area contributed by atoms with Crippen molar-refractivity contribution in [1.29, 1.82) is 0 Å². The highest BCUT2D eigenvalue weighted by Gasteiger charge is 2.17. The largest absolute Gasteiger partial charge is 0.327 e. The monoisotopic (exact) mass is 164 g/mol. The van der Waals surface area contributed by atoms with Gasteiger partial charge in [0.2, 0.25) is 0 Å². The Morgan fingerprint density at radius 2 is 2.33 bits per heavy atom. The normalized spacial score (nSPS) is 24.0. The van der Waals surface area contributed by atoms with Crippen LogP contribution in [0, 0.1) is 0 Å². The van der Waals surface area contributed by atoms with Gasteiger partial charge in [0.15, 0.2) is 0 Å². The maximum Gasteiger partial charge on any atom is 0.0431 e. The highest BCUT2D eigenvalue weighted by atomic mass is 14.7. The fraction of sp³-hybridized carbons (Fsp3) is 0.500. The average molecular weight is 164 g/mol. The van der Waals surface area contributed by atoms with Crippen molar-refractivity contribution in [2.24, 2.45) is 10.7 Å². The van der Waals surface area contributed by atoms with Gasteiger partial charge in [-0.15, -0.1) is 0 Å². The predicted octanol–water partition coefficient (Wildman–Crippen LogP) is 2.03. The molecule has 2 N–H and O–H groups in total. The third-order valence-electron chi connectivity index (χ3n) is 2.27. The minimum atomic E-state index is 0.280. The quantitative estimate of drug-likeness (QED) is 0.623. The van der Waals surface area contributed by atoms with Crippen LogP contribution in [0.2, 0.25) is 0 Å². The van der Waals surface area contributed by atoms with Gasteiger partial charge in [0.25, 0.3) is 0 Å². The van der Waals surface area contributed by atoms with Gasteiger partial charge in [-0.3, -0.25) is 4.99 Å². The van der Waals surface area contributed by atoms with Gasteiger partial charge in [-0.25, -0.2) is 0 Å². The van der Waals surface area contributed by atoms with Crippen LogP contribution >= 0.6 is 0 Å². The fourth-order valence-corrected chi connectivity index (χ4v) is 1.55. The first-order valence-corrected chi connectivity index (χ1v) is 4.25. The lowest BCUT2D eigenvalue weighted by molar-refractivity contribution is 0.570. The predicted molar refractivity (Wildman–Crippen MR) is 53.2 cm³/mol. The van der Waals surface area contributed by atoms with Crippen LogP contribution < -0.4 is 5.73 Å². The Balaban J connectivity index is 2.92. The number of aliphatic imine (C=N–C) groups is 1. The first-order chi connectivity index (χ1) is 5.65. The lowest BCUT2D eigenvalue weighted by Crippen LogP contribution is -2.24. The molecule has 0 fully saturated rings. The molecule has 0 radical (unpaired) electrons. The van der Waals surface area contributed by atoms with Gasteiger partial charge in [0.05, 0.1) is 0 Å². The summed E-state index contributed by atoms with van der Waals surface area (Å²) in [7, 11) is 0.